The summed E-state index contributed by atoms with van der Waals surface area (Å²) in [5.41, 5.74) is 1.94. The number of nitrogens with zero attached hydrogens (tertiary/aromatic N) is 1. The van der Waals surface area contributed by atoms with Gasteiger partial charge in [-0.15, -0.1) is 0 Å². The minimum atomic E-state index is -0.498. The van der Waals surface area contributed by atoms with Crippen LogP contribution in [0.1, 0.15) is 44.2 Å². The predicted molar refractivity (Wildman–Crippen MR) is 107 cm³/mol. The van der Waals surface area contributed by atoms with Crippen LogP contribution in [0.15, 0.2) is 54.6 Å². The molecule has 1 fully saturated rings. The van der Waals surface area contributed by atoms with Gasteiger partial charge in [0.15, 0.2) is 0 Å². The van der Waals surface area contributed by atoms with Gasteiger partial charge in [-0.2, -0.15) is 0 Å². The Hall–Kier alpha value is -2.49. The Bertz CT molecular complexity index is 767. The molecule has 0 radical (unpaired) electrons. The van der Waals surface area contributed by atoms with E-state index in [2.05, 4.69) is 30.3 Å². The number of benzene rings is 2. The molecule has 1 aliphatic heterocycles. The first-order valence-electron chi connectivity index (χ1n) is 9.55. The third-order valence-electron chi connectivity index (χ3n) is 4.98. The van der Waals surface area contributed by atoms with Crippen LogP contribution in [0.2, 0.25) is 0 Å². The molecule has 2 aromatic carbocycles. The summed E-state index contributed by atoms with van der Waals surface area (Å²) in [5, 5.41) is 0. The van der Waals surface area contributed by atoms with Crippen LogP contribution in [0.4, 0.5) is 4.79 Å². The number of methoxy groups -OCH3 is 1. The van der Waals surface area contributed by atoms with Crippen molar-refractivity contribution in [2.45, 2.75) is 51.2 Å². The Morgan fingerprint density at radius 1 is 1.11 bits per heavy atom. The molecule has 0 aromatic heterocycles. The first kappa shape index (κ1) is 19.3. The molecule has 4 heteroatoms. The zero-order chi connectivity index (χ0) is 19.4. The molecule has 4 nitrogen and oxygen atoms in total. The van der Waals surface area contributed by atoms with E-state index in [1.807, 2.05) is 49.9 Å². The highest BCUT2D eigenvalue weighted by atomic mass is 16.6. The van der Waals surface area contributed by atoms with Gasteiger partial charge in [-0.05, 0) is 56.9 Å². The Kier molecular flexibility index (Phi) is 5.73. The van der Waals surface area contributed by atoms with Crippen LogP contribution in [-0.4, -0.2) is 36.3 Å². The normalized spacial score (nSPS) is 19.8. The Morgan fingerprint density at radius 2 is 1.85 bits per heavy atom. The number of hydrogen-bond acceptors (Lipinski definition) is 3. The lowest BCUT2D eigenvalue weighted by Crippen LogP contribution is -2.42. The molecule has 0 spiro atoms. The molecule has 1 heterocycles. The Morgan fingerprint density at radius 3 is 2.52 bits per heavy atom. The molecule has 1 saturated heterocycles. The number of carbonyl (C=O) groups is 1. The van der Waals surface area contributed by atoms with Crippen molar-refractivity contribution >= 4 is 6.09 Å². The molecule has 1 aliphatic rings. The number of ether oxygens (including phenoxy) is 2. The number of carbonyl (C=O) groups excluding carboxylic acids is 1. The number of hydrogen-bond donors (Lipinski definition) is 0. The number of amides is 1. The third-order valence-corrected chi connectivity index (χ3v) is 4.98. The van der Waals surface area contributed by atoms with Gasteiger partial charge in [-0.3, -0.25) is 0 Å². The summed E-state index contributed by atoms with van der Waals surface area (Å²) in [6.07, 6.45) is 1.49. The lowest BCUT2D eigenvalue weighted by atomic mass is 9.88. The molecular formula is C23H29NO3. The highest BCUT2D eigenvalue weighted by Gasteiger charge is 2.39. The van der Waals surface area contributed by atoms with Gasteiger partial charge >= 0.3 is 6.09 Å². The molecular weight excluding hydrogens is 338 g/mol. The lowest BCUT2D eigenvalue weighted by Gasteiger charge is -2.31. The highest BCUT2D eigenvalue weighted by Crippen LogP contribution is 2.36. The monoisotopic (exact) mass is 367 g/mol. The van der Waals surface area contributed by atoms with Gasteiger partial charge in [0, 0.05) is 18.5 Å². The molecule has 2 aromatic rings. The summed E-state index contributed by atoms with van der Waals surface area (Å²) in [5.74, 6) is 1.13. The summed E-state index contributed by atoms with van der Waals surface area (Å²) >= 11 is 0. The van der Waals surface area contributed by atoms with Crippen molar-refractivity contribution in [2.75, 3.05) is 13.7 Å². The van der Waals surface area contributed by atoms with E-state index in [0.717, 1.165) is 24.2 Å². The van der Waals surface area contributed by atoms with Crippen molar-refractivity contribution < 1.29 is 14.3 Å². The second kappa shape index (κ2) is 8.03. The fourth-order valence-corrected chi connectivity index (χ4v) is 3.78. The summed E-state index contributed by atoms with van der Waals surface area (Å²) < 4.78 is 11.0. The van der Waals surface area contributed by atoms with Crippen molar-refractivity contribution in [1.29, 1.82) is 0 Å². The quantitative estimate of drug-likeness (QED) is 0.761. The van der Waals surface area contributed by atoms with Gasteiger partial charge in [0.2, 0.25) is 0 Å². The van der Waals surface area contributed by atoms with Crippen LogP contribution in [0.5, 0.6) is 5.75 Å². The molecule has 0 unspecified atom stereocenters. The van der Waals surface area contributed by atoms with Crippen LogP contribution in [0.25, 0.3) is 0 Å². The van der Waals surface area contributed by atoms with Gasteiger partial charge in [-0.25, -0.2) is 4.79 Å². The molecule has 2 atom stereocenters. The smallest absolute Gasteiger partial charge is 0.410 e. The van der Waals surface area contributed by atoms with Crippen LogP contribution < -0.4 is 4.74 Å². The first-order chi connectivity index (χ1) is 12.9. The van der Waals surface area contributed by atoms with Crippen molar-refractivity contribution in [3.8, 4) is 5.75 Å². The Balaban J connectivity index is 1.88. The van der Waals surface area contributed by atoms with E-state index in [-0.39, 0.29) is 12.1 Å². The average molecular weight is 367 g/mol. The molecule has 3 rings (SSSR count). The molecule has 0 bridgehead atoms. The zero-order valence-electron chi connectivity index (χ0n) is 16.6. The molecule has 0 N–H and O–H groups in total. The molecule has 0 saturated carbocycles. The molecule has 1 amide bonds. The topological polar surface area (TPSA) is 38.8 Å². The second-order valence-corrected chi connectivity index (χ2v) is 8.10. The second-order valence-electron chi connectivity index (χ2n) is 8.10. The minimum Gasteiger partial charge on any atom is -0.497 e. The highest BCUT2D eigenvalue weighted by molar-refractivity contribution is 5.69. The first-order valence-corrected chi connectivity index (χ1v) is 9.55. The van der Waals surface area contributed by atoms with Gasteiger partial charge in [-0.1, -0.05) is 42.5 Å². The summed E-state index contributed by atoms with van der Waals surface area (Å²) in [6, 6.07) is 18.6. The molecule has 144 valence electrons. The van der Waals surface area contributed by atoms with Crippen LogP contribution in [0, 0.1) is 0 Å². The van der Waals surface area contributed by atoms with Crippen molar-refractivity contribution in [3.63, 3.8) is 0 Å². The maximum absolute atomic E-state index is 12.8. The van der Waals surface area contributed by atoms with Crippen LogP contribution >= 0.6 is 0 Å². The maximum Gasteiger partial charge on any atom is 0.410 e. The summed E-state index contributed by atoms with van der Waals surface area (Å²) in [7, 11) is 1.68. The van der Waals surface area contributed by atoms with Gasteiger partial charge in [0.1, 0.15) is 11.4 Å². The van der Waals surface area contributed by atoms with E-state index < -0.39 is 5.60 Å². The van der Waals surface area contributed by atoms with E-state index in [9.17, 15) is 4.79 Å². The van der Waals surface area contributed by atoms with Gasteiger partial charge < -0.3 is 14.4 Å². The van der Waals surface area contributed by atoms with Crippen molar-refractivity contribution in [3.05, 3.63) is 65.7 Å². The molecule has 0 aliphatic carbocycles. The van der Waals surface area contributed by atoms with Crippen molar-refractivity contribution in [1.82, 2.24) is 4.90 Å². The van der Waals surface area contributed by atoms with Crippen LogP contribution in [0.3, 0.4) is 0 Å². The van der Waals surface area contributed by atoms with Crippen molar-refractivity contribution in [2.24, 2.45) is 0 Å². The number of likely N-dealkylation sites (tertiary alicyclic amines) is 1. The van der Waals surface area contributed by atoms with E-state index in [1.54, 1.807) is 7.11 Å². The van der Waals surface area contributed by atoms with E-state index in [1.165, 1.54) is 5.56 Å². The van der Waals surface area contributed by atoms with E-state index >= 15 is 0 Å². The van der Waals surface area contributed by atoms with Gasteiger partial charge in [0.25, 0.3) is 0 Å². The van der Waals surface area contributed by atoms with E-state index in [0.29, 0.717) is 12.5 Å². The third kappa shape index (κ3) is 4.82. The standard InChI is InChI=1S/C23H29NO3/c1-23(2,3)27-22(25)24-14-13-20(18-10-6-5-7-11-18)21(24)16-17-9-8-12-19(15-17)26-4/h5-12,15,20-21H,13-14,16H2,1-4H3/t20-,21-/m0/s1. The zero-order valence-corrected chi connectivity index (χ0v) is 16.6. The SMILES string of the molecule is COc1cccc(C[C@H]2[C@H](c3ccccc3)CCN2C(=O)OC(C)(C)C)c1. The summed E-state index contributed by atoms with van der Waals surface area (Å²) in [4.78, 5) is 14.7. The fourth-order valence-electron chi connectivity index (χ4n) is 3.78. The predicted octanol–water partition coefficient (Wildman–Crippen LogP) is 5.03. The number of rotatable bonds is 4. The van der Waals surface area contributed by atoms with Crippen LogP contribution in [-0.2, 0) is 11.2 Å². The maximum atomic E-state index is 12.8. The molecule has 27 heavy (non-hydrogen) atoms. The largest absolute Gasteiger partial charge is 0.497 e. The van der Waals surface area contributed by atoms with E-state index in [4.69, 9.17) is 9.47 Å². The average Bonchev–Trinajstić information content (AvgIpc) is 3.05. The summed E-state index contributed by atoms with van der Waals surface area (Å²) in [6.45, 7) is 6.44. The Labute approximate surface area is 162 Å². The minimum absolute atomic E-state index is 0.0642. The van der Waals surface area contributed by atoms with Gasteiger partial charge in [0.05, 0.1) is 7.11 Å². The lowest BCUT2D eigenvalue weighted by molar-refractivity contribution is 0.0220. The fraction of sp³-hybridized carbons (Fsp3) is 0.435.